The van der Waals surface area contributed by atoms with Gasteiger partial charge in [0, 0.05) is 17.4 Å². The number of nitrogen functional groups attached to an aromatic ring is 1. The number of aryl methyl sites for hydroxylation is 2. The van der Waals surface area contributed by atoms with Gasteiger partial charge in [-0.3, -0.25) is 0 Å². The van der Waals surface area contributed by atoms with Crippen molar-refractivity contribution in [3.8, 4) is 0 Å². The first kappa shape index (κ1) is 10.9. The van der Waals surface area contributed by atoms with Crippen molar-refractivity contribution in [1.29, 1.82) is 0 Å². The smallest absolute Gasteiger partial charge is 0.160 e. The minimum Gasteiger partial charge on any atom is -0.398 e. The van der Waals surface area contributed by atoms with E-state index in [0.717, 1.165) is 33.7 Å². The number of aromatic nitrogens is 3. The quantitative estimate of drug-likeness (QED) is 0.800. The van der Waals surface area contributed by atoms with Crippen molar-refractivity contribution in [1.82, 2.24) is 14.8 Å². The number of hydrogen-bond donors (Lipinski definition) is 1. The lowest BCUT2D eigenvalue weighted by Gasteiger charge is -2.09. The number of fused-ring (bicyclic) bond motifs is 1. The number of nitrogens with zero attached hydrogens (tertiary/aromatic N) is 3. The Labute approximate surface area is 95.5 Å². The molecule has 0 fully saturated rings. The summed E-state index contributed by atoms with van der Waals surface area (Å²) in [6.45, 7) is 10.2. The van der Waals surface area contributed by atoms with Crippen LogP contribution in [0.15, 0.2) is 0 Å². The molecule has 0 aliphatic carbocycles. The van der Waals surface area contributed by atoms with Crippen LogP contribution in [0.3, 0.4) is 0 Å². The summed E-state index contributed by atoms with van der Waals surface area (Å²) in [5.41, 5.74) is 10.8. The first-order chi connectivity index (χ1) is 7.43. The van der Waals surface area contributed by atoms with Gasteiger partial charge in [-0.15, -0.1) is 0 Å². The van der Waals surface area contributed by atoms with Crippen molar-refractivity contribution in [2.45, 2.75) is 40.7 Å². The second-order valence-electron chi connectivity index (χ2n) is 4.56. The molecule has 2 aromatic rings. The van der Waals surface area contributed by atoms with E-state index in [0.29, 0.717) is 6.04 Å². The van der Waals surface area contributed by atoms with E-state index in [9.17, 15) is 0 Å². The summed E-state index contributed by atoms with van der Waals surface area (Å²) in [5, 5.41) is 5.50. The molecule has 0 spiro atoms. The number of nitrogens with two attached hydrogens (primary N) is 1. The third kappa shape index (κ3) is 1.37. The summed E-state index contributed by atoms with van der Waals surface area (Å²) in [5.74, 6) is 0. The third-order valence-electron chi connectivity index (χ3n) is 3.04. The molecule has 0 saturated heterocycles. The summed E-state index contributed by atoms with van der Waals surface area (Å²) >= 11 is 0. The van der Waals surface area contributed by atoms with Gasteiger partial charge < -0.3 is 5.73 Å². The second-order valence-corrected chi connectivity index (χ2v) is 4.56. The minimum atomic E-state index is 0.296. The zero-order valence-corrected chi connectivity index (χ0v) is 10.5. The number of hydrogen-bond acceptors (Lipinski definition) is 3. The monoisotopic (exact) mass is 218 g/mol. The summed E-state index contributed by atoms with van der Waals surface area (Å²) in [6, 6.07) is 0.296. The SMILES string of the molecule is Cc1nc2c(c(C)nn2C(C)C)c(N)c1C. The maximum atomic E-state index is 6.14. The van der Waals surface area contributed by atoms with Crippen LogP contribution < -0.4 is 5.73 Å². The van der Waals surface area contributed by atoms with Gasteiger partial charge in [0.1, 0.15) is 0 Å². The van der Waals surface area contributed by atoms with Crippen LogP contribution in [-0.2, 0) is 0 Å². The van der Waals surface area contributed by atoms with Gasteiger partial charge in [-0.2, -0.15) is 5.10 Å². The molecule has 0 atom stereocenters. The Hall–Kier alpha value is -1.58. The van der Waals surface area contributed by atoms with Crippen molar-refractivity contribution in [3.63, 3.8) is 0 Å². The average molecular weight is 218 g/mol. The van der Waals surface area contributed by atoms with Crippen molar-refractivity contribution in [3.05, 3.63) is 17.0 Å². The van der Waals surface area contributed by atoms with Crippen molar-refractivity contribution >= 4 is 16.7 Å². The molecular weight excluding hydrogens is 200 g/mol. The molecule has 2 N–H and O–H groups in total. The predicted octanol–water partition coefficient (Wildman–Crippen LogP) is 2.52. The molecule has 2 aromatic heterocycles. The highest BCUT2D eigenvalue weighted by Crippen LogP contribution is 2.28. The molecule has 0 radical (unpaired) electrons. The normalized spacial score (nSPS) is 11.6. The highest BCUT2D eigenvalue weighted by Gasteiger charge is 2.16. The van der Waals surface area contributed by atoms with Gasteiger partial charge in [0.05, 0.1) is 11.1 Å². The van der Waals surface area contributed by atoms with E-state index in [4.69, 9.17) is 5.73 Å². The summed E-state index contributed by atoms with van der Waals surface area (Å²) in [7, 11) is 0. The Balaban J connectivity index is 2.92. The van der Waals surface area contributed by atoms with Crippen LogP contribution in [0, 0.1) is 20.8 Å². The second kappa shape index (κ2) is 3.47. The van der Waals surface area contributed by atoms with Crippen LogP contribution in [0.2, 0.25) is 0 Å². The van der Waals surface area contributed by atoms with Crippen LogP contribution >= 0.6 is 0 Å². The van der Waals surface area contributed by atoms with Gasteiger partial charge in [0.15, 0.2) is 5.65 Å². The molecule has 0 aromatic carbocycles. The van der Waals surface area contributed by atoms with Gasteiger partial charge in [0.2, 0.25) is 0 Å². The molecule has 0 bridgehead atoms. The topological polar surface area (TPSA) is 56.7 Å². The van der Waals surface area contributed by atoms with E-state index in [2.05, 4.69) is 23.9 Å². The van der Waals surface area contributed by atoms with Crippen LogP contribution in [0.4, 0.5) is 5.69 Å². The average Bonchev–Trinajstić information content (AvgIpc) is 2.52. The van der Waals surface area contributed by atoms with Crippen LogP contribution in [0.1, 0.15) is 36.8 Å². The summed E-state index contributed by atoms with van der Waals surface area (Å²) in [6.07, 6.45) is 0. The number of rotatable bonds is 1. The minimum absolute atomic E-state index is 0.296. The molecule has 2 heterocycles. The van der Waals surface area contributed by atoms with E-state index in [1.807, 2.05) is 25.5 Å². The molecule has 0 amide bonds. The fraction of sp³-hybridized carbons (Fsp3) is 0.500. The highest BCUT2D eigenvalue weighted by atomic mass is 15.3. The molecule has 4 heteroatoms. The molecule has 0 aliphatic rings. The number of pyridine rings is 1. The van der Waals surface area contributed by atoms with E-state index in [1.54, 1.807) is 0 Å². The molecule has 0 saturated carbocycles. The summed E-state index contributed by atoms with van der Waals surface area (Å²) in [4.78, 5) is 4.60. The lowest BCUT2D eigenvalue weighted by molar-refractivity contribution is 0.542. The van der Waals surface area contributed by atoms with Crippen molar-refractivity contribution in [2.75, 3.05) is 5.73 Å². The van der Waals surface area contributed by atoms with Crippen molar-refractivity contribution < 1.29 is 0 Å². The van der Waals surface area contributed by atoms with E-state index in [1.165, 1.54) is 0 Å². The van der Waals surface area contributed by atoms with E-state index >= 15 is 0 Å². The molecule has 86 valence electrons. The van der Waals surface area contributed by atoms with Crippen LogP contribution in [0.25, 0.3) is 11.0 Å². The largest absolute Gasteiger partial charge is 0.398 e. The fourth-order valence-corrected chi connectivity index (χ4v) is 1.94. The standard InChI is InChI=1S/C12H18N4/c1-6(2)16-12-10(9(5)15-16)11(13)7(3)8(4)14-12/h6H,1-5H3,(H2,13,14). The van der Waals surface area contributed by atoms with Gasteiger partial charge >= 0.3 is 0 Å². The molecule has 0 unspecified atom stereocenters. The predicted molar refractivity (Wildman–Crippen MR) is 66.5 cm³/mol. The van der Waals surface area contributed by atoms with Crippen molar-refractivity contribution in [2.24, 2.45) is 0 Å². The Kier molecular flexibility index (Phi) is 2.37. The zero-order chi connectivity index (χ0) is 12.0. The van der Waals surface area contributed by atoms with Crippen LogP contribution in [-0.4, -0.2) is 14.8 Å². The maximum Gasteiger partial charge on any atom is 0.160 e. The van der Waals surface area contributed by atoms with Crippen LogP contribution in [0.5, 0.6) is 0 Å². The lowest BCUT2D eigenvalue weighted by atomic mass is 10.1. The first-order valence-electron chi connectivity index (χ1n) is 5.55. The molecule has 4 nitrogen and oxygen atoms in total. The number of anilines is 1. The Morgan fingerprint density at radius 2 is 1.75 bits per heavy atom. The Morgan fingerprint density at radius 3 is 2.31 bits per heavy atom. The molecule has 2 rings (SSSR count). The van der Waals surface area contributed by atoms with Gasteiger partial charge in [-0.25, -0.2) is 9.67 Å². The maximum absolute atomic E-state index is 6.14. The van der Waals surface area contributed by atoms with Gasteiger partial charge in [0.25, 0.3) is 0 Å². The van der Waals surface area contributed by atoms with Gasteiger partial charge in [-0.05, 0) is 40.2 Å². The Bertz CT molecular complexity index is 552. The summed E-state index contributed by atoms with van der Waals surface area (Å²) < 4.78 is 1.94. The lowest BCUT2D eigenvalue weighted by Crippen LogP contribution is -2.05. The van der Waals surface area contributed by atoms with Gasteiger partial charge in [-0.1, -0.05) is 0 Å². The fourth-order valence-electron chi connectivity index (χ4n) is 1.94. The zero-order valence-electron chi connectivity index (χ0n) is 10.5. The third-order valence-corrected chi connectivity index (χ3v) is 3.04. The Morgan fingerprint density at radius 1 is 1.12 bits per heavy atom. The van der Waals surface area contributed by atoms with E-state index in [-0.39, 0.29) is 0 Å². The molecule has 0 aliphatic heterocycles. The first-order valence-corrected chi connectivity index (χ1v) is 5.55. The van der Waals surface area contributed by atoms with E-state index < -0.39 is 0 Å². The highest BCUT2D eigenvalue weighted by molar-refractivity contribution is 5.92. The molecular formula is C12H18N4. The molecule has 16 heavy (non-hydrogen) atoms.